The second-order valence-corrected chi connectivity index (χ2v) is 8.96. The summed E-state index contributed by atoms with van der Waals surface area (Å²) in [7, 11) is -3.80. The molecular formula is C11H7BrCl3NO2S2. The van der Waals surface area contributed by atoms with Crippen molar-refractivity contribution in [2.24, 2.45) is 0 Å². The number of rotatable bonds is 4. The first-order valence-corrected chi connectivity index (χ1v) is 9.40. The van der Waals surface area contributed by atoms with Gasteiger partial charge in [-0.25, -0.2) is 13.1 Å². The van der Waals surface area contributed by atoms with Crippen molar-refractivity contribution in [2.45, 2.75) is 11.4 Å². The van der Waals surface area contributed by atoms with E-state index in [0.29, 0.717) is 8.81 Å². The Morgan fingerprint density at radius 3 is 2.25 bits per heavy atom. The van der Waals surface area contributed by atoms with Crippen LogP contribution in [-0.4, -0.2) is 8.42 Å². The van der Waals surface area contributed by atoms with Crippen LogP contribution < -0.4 is 4.72 Å². The van der Waals surface area contributed by atoms with Gasteiger partial charge in [0.25, 0.3) is 0 Å². The fourth-order valence-corrected chi connectivity index (χ4v) is 5.53. The van der Waals surface area contributed by atoms with Crippen LogP contribution in [0.1, 0.15) is 4.88 Å². The summed E-state index contributed by atoms with van der Waals surface area (Å²) in [5.74, 6) is 0. The van der Waals surface area contributed by atoms with E-state index in [4.69, 9.17) is 34.8 Å². The summed E-state index contributed by atoms with van der Waals surface area (Å²) in [5.41, 5.74) is 0. The van der Waals surface area contributed by atoms with Crippen LogP contribution in [0.3, 0.4) is 0 Å². The van der Waals surface area contributed by atoms with Crippen molar-refractivity contribution in [1.82, 2.24) is 4.72 Å². The maximum absolute atomic E-state index is 12.2. The van der Waals surface area contributed by atoms with Gasteiger partial charge < -0.3 is 0 Å². The molecule has 0 spiro atoms. The molecule has 2 rings (SSSR count). The lowest BCUT2D eigenvalue weighted by atomic mass is 10.4. The topological polar surface area (TPSA) is 46.2 Å². The van der Waals surface area contributed by atoms with Crippen LogP contribution in [-0.2, 0) is 16.6 Å². The molecule has 20 heavy (non-hydrogen) atoms. The molecule has 0 aliphatic heterocycles. The first-order valence-electron chi connectivity index (χ1n) is 5.18. The zero-order valence-electron chi connectivity index (χ0n) is 9.66. The van der Waals surface area contributed by atoms with E-state index < -0.39 is 10.0 Å². The third-order valence-electron chi connectivity index (χ3n) is 2.30. The van der Waals surface area contributed by atoms with E-state index in [9.17, 15) is 8.42 Å². The van der Waals surface area contributed by atoms with Gasteiger partial charge in [-0.1, -0.05) is 50.7 Å². The summed E-state index contributed by atoms with van der Waals surface area (Å²) >= 11 is 22.2. The zero-order chi connectivity index (χ0) is 14.9. The van der Waals surface area contributed by atoms with Crippen molar-refractivity contribution >= 4 is 72.1 Å². The molecule has 0 radical (unpaired) electrons. The second kappa shape index (κ2) is 6.52. The zero-order valence-corrected chi connectivity index (χ0v) is 15.1. The Bertz CT molecular complexity index is 723. The molecule has 0 unspecified atom stereocenters. The first kappa shape index (κ1) is 16.5. The maximum atomic E-state index is 12.2. The van der Waals surface area contributed by atoms with Gasteiger partial charge >= 0.3 is 0 Å². The van der Waals surface area contributed by atoms with E-state index in [1.807, 2.05) is 0 Å². The van der Waals surface area contributed by atoms with Crippen molar-refractivity contribution in [3.05, 3.63) is 48.0 Å². The monoisotopic (exact) mass is 433 g/mol. The molecule has 2 aromatic rings. The Balaban J connectivity index is 2.27. The molecule has 0 aliphatic rings. The molecule has 0 atom stereocenters. The summed E-state index contributed by atoms with van der Waals surface area (Å²) in [4.78, 5) is 0.662. The van der Waals surface area contributed by atoms with Gasteiger partial charge in [0.1, 0.15) is 4.90 Å². The Morgan fingerprint density at radius 2 is 1.75 bits per heavy atom. The number of thiophene rings is 1. The van der Waals surface area contributed by atoms with Gasteiger partial charge in [-0.2, -0.15) is 0 Å². The van der Waals surface area contributed by atoms with E-state index in [1.165, 1.54) is 23.5 Å². The number of nitrogens with one attached hydrogen (secondary N) is 1. The van der Waals surface area contributed by atoms with Crippen LogP contribution in [0.15, 0.2) is 33.6 Å². The second-order valence-electron chi connectivity index (χ2n) is 3.73. The molecule has 1 N–H and O–H groups in total. The first-order chi connectivity index (χ1) is 9.29. The van der Waals surface area contributed by atoms with Gasteiger partial charge in [0.15, 0.2) is 0 Å². The van der Waals surface area contributed by atoms with Crippen molar-refractivity contribution in [3.8, 4) is 0 Å². The quantitative estimate of drug-likeness (QED) is 0.739. The minimum Gasteiger partial charge on any atom is -0.207 e. The van der Waals surface area contributed by atoms with E-state index >= 15 is 0 Å². The Hall–Kier alpha value is 0.180. The van der Waals surface area contributed by atoms with E-state index in [-0.39, 0.29) is 21.5 Å². The summed E-state index contributed by atoms with van der Waals surface area (Å²) in [6.45, 7) is 0.127. The van der Waals surface area contributed by atoms with Crippen molar-refractivity contribution in [3.63, 3.8) is 0 Å². The van der Waals surface area contributed by atoms with Gasteiger partial charge in [0, 0.05) is 15.9 Å². The summed E-state index contributed by atoms with van der Waals surface area (Å²) in [6, 6.07) is 6.41. The molecule has 9 heteroatoms. The van der Waals surface area contributed by atoms with Gasteiger partial charge in [-0.05, 0) is 24.3 Å². The van der Waals surface area contributed by atoms with E-state index in [1.54, 1.807) is 12.1 Å². The normalized spacial score (nSPS) is 11.8. The average molecular weight is 436 g/mol. The summed E-state index contributed by atoms with van der Waals surface area (Å²) < 4.78 is 28.1. The molecule has 108 valence electrons. The molecule has 1 aromatic carbocycles. The minimum absolute atomic E-state index is 0.0566. The smallest absolute Gasteiger partial charge is 0.207 e. The number of benzene rings is 1. The Kier molecular flexibility index (Phi) is 5.40. The lowest BCUT2D eigenvalue weighted by Gasteiger charge is -2.10. The highest BCUT2D eigenvalue weighted by Crippen LogP contribution is 2.33. The molecular weight excluding hydrogens is 429 g/mol. The standard InChI is InChI=1S/C11H7BrCl3NO2S2/c12-6-3-8(13)11(9(14)4-6)20(17,18)16-5-7-1-2-10(15)19-7/h1-4,16H,5H2. The molecule has 3 nitrogen and oxygen atoms in total. The minimum atomic E-state index is -3.80. The number of sulfonamides is 1. The number of hydrogen-bond donors (Lipinski definition) is 1. The molecule has 0 saturated carbocycles. The van der Waals surface area contributed by atoms with Crippen LogP contribution >= 0.6 is 62.1 Å². The van der Waals surface area contributed by atoms with Crippen LogP contribution in [0.2, 0.25) is 14.4 Å². The number of halogens is 4. The summed E-state index contributed by atoms with van der Waals surface area (Å²) in [6.07, 6.45) is 0. The molecule has 0 bridgehead atoms. The van der Waals surface area contributed by atoms with Gasteiger partial charge in [-0.15, -0.1) is 11.3 Å². The van der Waals surface area contributed by atoms with Gasteiger partial charge in [0.2, 0.25) is 10.0 Å². The SMILES string of the molecule is O=S(=O)(NCc1ccc(Cl)s1)c1c(Cl)cc(Br)cc1Cl. The average Bonchev–Trinajstić information content (AvgIpc) is 2.71. The molecule has 0 amide bonds. The fraction of sp³-hybridized carbons (Fsp3) is 0.0909. The number of hydrogen-bond acceptors (Lipinski definition) is 3. The molecule has 0 aliphatic carbocycles. The molecule has 1 heterocycles. The van der Waals surface area contributed by atoms with Crippen LogP contribution in [0.25, 0.3) is 0 Å². The molecule has 0 saturated heterocycles. The van der Waals surface area contributed by atoms with Gasteiger partial charge in [-0.3, -0.25) is 0 Å². The van der Waals surface area contributed by atoms with E-state index in [2.05, 4.69) is 20.7 Å². The molecule has 1 aromatic heterocycles. The Morgan fingerprint density at radius 1 is 1.15 bits per heavy atom. The fourth-order valence-electron chi connectivity index (χ4n) is 1.47. The van der Waals surface area contributed by atoms with Crippen molar-refractivity contribution in [2.75, 3.05) is 0 Å². The molecule has 0 fully saturated rings. The third kappa shape index (κ3) is 3.88. The maximum Gasteiger partial charge on any atom is 0.243 e. The van der Waals surface area contributed by atoms with Crippen LogP contribution in [0, 0.1) is 0 Å². The largest absolute Gasteiger partial charge is 0.243 e. The summed E-state index contributed by atoms with van der Waals surface area (Å²) in [5, 5.41) is 0.113. The highest BCUT2D eigenvalue weighted by Gasteiger charge is 2.22. The van der Waals surface area contributed by atoms with E-state index in [0.717, 1.165) is 4.88 Å². The lowest BCUT2D eigenvalue weighted by Crippen LogP contribution is -2.23. The highest BCUT2D eigenvalue weighted by molar-refractivity contribution is 9.10. The predicted octanol–water partition coefficient (Wildman–Crippen LogP) is 4.95. The van der Waals surface area contributed by atoms with Crippen LogP contribution in [0.5, 0.6) is 0 Å². The van der Waals surface area contributed by atoms with Crippen LogP contribution in [0.4, 0.5) is 0 Å². The Labute approximate surface area is 144 Å². The highest BCUT2D eigenvalue weighted by atomic mass is 79.9. The third-order valence-corrected chi connectivity index (χ3v) is 6.31. The predicted molar refractivity (Wildman–Crippen MR) is 87.5 cm³/mol. The lowest BCUT2D eigenvalue weighted by molar-refractivity contribution is 0.582. The van der Waals surface area contributed by atoms with Crippen molar-refractivity contribution < 1.29 is 8.42 Å². The van der Waals surface area contributed by atoms with Crippen molar-refractivity contribution in [1.29, 1.82) is 0 Å². The van der Waals surface area contributed by atoms with Gasteiger partial charge in [0.05, 0.1) is 14.4 Å².